The van der Waals surface area contributed by atoms with Crippen LogP contribution in [0.15, 0.2) is 39.8 Å². The largest absolute Gasteiger partial charge is 0.439 e. The first-order chi connectivity index (χ1) is 9.97. The maximum Gasteiger partial charge on any atom is 0.439 e. The van der Waals surface area contributed by atoms with Gasteiger partial charge in [0, 0.05) is 28.6 Å². The van der Waals surface area contributed by atoms with Crippen molar-refractivity contribution < 1.29 is 4.42 Å². The summed E-state index contributed by atoms with van der Waals surface area (Å²) in [7, 11) is 0. The number of benzene rings is 1. The van der Waals surface area contributed by atoms with Crippen molar-refractivity contribution in [1.29, 1.82) is 0 Å². The van der Waals surface area contributed by atoms with Crippen molar-refractivity contribution in [3.63, 3.8) is 0 Å². The topological polar surface area (TPSA) is 56.0 Å². The fourth-order valence-electron chi connectivity index (χ4n) is 2.26. The van der Waals surface area contributed by atoms with Crippen LogP contribution in [0.1, 0.15) is 40.3 Å². The highest BCUT2D eigenvalue weighted by molar-refractivity contribution is 6.04. The zero-order chi connectivity index (χ0) is 15.6. The minimum atomic E-state index is -0.561. The van der Waals surface area contributed by atoms with Crippen LogP contribution in [-0.2, 0) is 5.41 Å². The minimum absolute atomic E-state index is 0.218. The molecule has 4 nitrogen and oxygen atoms in total. The molecule has 0 fully saturated rings. The van der Waals surface area contributed by atoms with E-state index in [1.54, 1.807) is 12.4 Å². The smallest absolute Gasteiger partial charge is 0.407 e. The van der Waals surface area contributed by atoms with Crippen LogP contribution in [0.25, 0.3) is 21.7 Å². The van der Waals surface area contributed by atoms with Gasteiger partial charge in [-0.05, 0) is 17.5 Å². The van der Waals surface area contributed by atoms with Crippen LogP contribution in [0, 0.1) is 0 Å². The number of hydrogen-bond donors (Lipinski definition) is 0. The molecule has 4 heteroatoms. The van der Waals surface area contributed by atoms with E-state index in [0.29, 0.717) is 5.58 Å². The van der Waals surface area contributed by atoms with Crippen molar-refractivity contribution in [2.45, 2.75) is 40.0 Å². The second kappa shape index (κ2) is 5.64. The Labute approximate surface area is 123 Å². The quantitative estimate of drug-likeness (QED) is 0.584. The number of rotatable bonds is 0. The van der Waals surface area contributed by atoms with E-state index in [2.05, 4.69) is 9.97 Å². The Hall–Kier alpha value is -2.23. The Kier molecular flexibility index (Phi) is 4.07. The second-order valence-corrected chi connectivity index (χ2v) is 5.62. The van der Waals surface area contributed by atoms with Crippen molar-refractivity contribution in [2.24, 2.45) is 0 Å². The number of pyridine rings is 1. The Bertz CT molecular complexity index is 829. The summed E-state index contributed by atoms with van der Waals surface area (Å²) in [6.45, 7) is 10.1. The maximum atomic E-state index is 11.7. The Morgan fingerprint density at radius 1 is 1.05 bits per heavy atom. The van der Waals surface area contributed by atoms with Crippen LogP contribution in [0.4, 0.5) is 0 Å². The van der Waals surface area contributed by atoms with Crippen LogP contribution < -0.4 is 5.76 Å². The summed E-state index contributed by atoms with van der Waals surface area (Å²) in [6, 6.07) is 5.84. The van der Waals surface area contributed by atoms with Gasteiger partial charge in [-0.3, -0.25) is 4.98 Å². The SMILES string of the molecule is CC.CC(C)(C)c1nc(=O)oc2c1ccc1ccncc12. The highest BCUT2D eigenvalue weighted by Crippen LogP contribution is 2.30. The molecule has 0 radical (unpaired) electrons. The molecule has 0 aliphatic carbocycles. The van der Waals surface area contributed by atoms with Gasteiger partial charge in [0.2, 0.25) is 0 Å². The Morgan fingerprint density at radius 3 is 2.43 bits per heavy atom. The molecule has 0 aliphatic heterocycles. The molecule has 0 bridgehead atoms. The summed E-state index contributed by atoms with van der Waals surface area (Å²) >= 11 is 0. The third-order valence-corrected chi connectivity index (χ3v) is 3.13. The average molecular weight is 284 g/mol. The zero-order valence-electron chi connectivity index (χ0n) is 13.1. The van der Waals surface area contributed by atoms with E-state index < -0.39 is 5.76 Å². The Morgan fingerprint density at radius 2 is 1.76 bits per heavy atom. The normalized spacial score (nSPS) is 11.3. The molecule has 1 aromatic carbocycles. The first-order valence-corrected chi connectivity index (χ1v) is 7.15. The summed E-state index contributed by atoms with van der Waals surface area (Å²) in [6.07, 6.45) is 3.44. The van der Waals surface area contributed by atoms with E-state index in [0.717, 1.165) is 21.9 Å². The summed E-state index contributed by atoms with van der Waals surface area (Å²) in [5.41, 5.74) is 1.10. The molecule has 2 aromatic heterocycles. The molecule has 0 saturated heterocycles. The fourth-order valence-corrected chi connectivity index (χ4v) is 2.26. The average Bonchev–Trinajstić information content (AvgIpc) is 2.47. The van der Waals surface area contributed by atoms with Gasteiger partial charge in [0.15, 0.2) is 5.58 Å². The lowest BCUT2D eigenvalue weighted by molar-refractivity contribution is 0.500. The minimum Gasteiger partial charge on any atom is -0.407 e. The maximum absolute atomic E-state index is 11.7. The summed E-state index contributed by atoms with van der Waals surface area (Å²) in [5, 5.41) is 2.70. The number of hydrogen-bond acceptors (Lipinski definition) is 4. The van der Waals surface area contributed by atoms with E-state index in [1.807, 2.05) is 52.8 Å². The standard InChI is InChI=1S/C15H14N2O2.C2H6/c1-15(2,3)13-10-5-4-9-6-7-16-8-11(9)12(10)19-14(18)17-13;1-2/h4-8H,1-3H3;1-2H3. The molecule has 3 rings (SSSR count). The lowest BCUT2D eigenvalue weighted by atomic mass is 9.89. The number of fused-ring (bicyclic) bond motifs is 3. The molecule has 0 atom stereocenters. The van der Waals surface area contributed by atoms with E-state index >= 15 is 0 Å². The Balaban J connectivity index is 0.000000774. The van der Waals surface area contributed by atoms with Gasteiger partial charge in [-0.25, -0.2) is 4.79 Å². The van der Waals surface area contributed by atoms with Gasteiger partial charge in [-0.15, -0.1) is 0 Å². The van der Waals surface area contributed by atoms with Crippen molar-refractivity contribution in [1.82, 2.24) is 9.97 Å². The first kappa shape index (κ1) is 15.2. The molecule has 0 amide bonds. The third kappa shape index (κ3) is 2.79. The first-order valence-electron chi connectivity index (χ1n) is 7.15. The number of nitrogens with zero attached hydrogens (tertiary/aromatic N) is 2. The van der Waals surface area contributed by atoms with Crippen LogP contribution in [-0.4, -0.2) is 9.97 Å². The van der Waals surface area contributed by atoms with Crippen LogP contribution in [0.2, 0.25) is 0 Å². The van der Waals surface area contributed by atoms with Gasteiger partial charge in [-0.2, -0.15) is 4.98 Å². The predicted molar refractivity (Wildman–Crippen MR) is 85.6 cm³/mol. The van der Waals surface area contributed by atoms with E-state index in [1.165, 1.54) is 0 Å². The van der Waals surface area contributed by atoms with Gasteiger partial charge in [0.25, 0.3) is 0 Å². The molecule has 0 N–H and O–H groups in total. The van der Waals surface area contributed by atoms with Gasteiger partial charge < -0.3 is 4.42 Å². The molecule has 0 saturated carbocycles. The van der Waals surface area contributed by atoms with Crippen LogP contribution in [0.5, 0.6) is 0 Å². The second-order valence-electron chi connectivity index (χ2n) is 5.62. The monoisotopic (exact) mass is 284 g/mol. The van der Waals surface area contributed by atoms with Gasteiger partial charge >= 0.3 is 5.76 Å². The molecule has 110 valence electrons. The molecule has 2 heterocycles. The number of aromatic nitrogens is 2. The third-order valence-electron chi connectivity index (χ3n) is 3.13. The predicted octanol–water partition coefficient (Wildman–Crippen LogP) is 4.06. The van der Waals surface area contributed by atoms with Gasteiger partial charge in [0.05, 0.1) is 5.69 Å². The molecule has 0 unspecified atom stereocenters. The van der Waals surface area contributed by atoms with Crippen molar-refractivity contribution >= 4 is 21.7 Å². The summed E-state index contributed by atoms with van der Waals surface area (Å²) in [4.78, 5) is 19.8. The summed E-state index contributed by atoms with van der Waals surface area (Å²) in [5.74, 6) is -0.561. The van der Waals surface area contributed by atoms with E-state index in [-0.39, 0.29) is 5.41 Å². The lowest BCUT2D eigenvalue weighted by Gasteiger charge is -2.18. The highest BCUT2D eigenvalue weighted by Gasteiger charge is 2.21. The van der Waals surface area contributed by atoms with E-state index in [9.17, 15) is 4.79 Å². The van der Waals surface area contributed by atoms with Crippen LogP contribution >= 0.6 is 0 Å². The lowest BCUT2D eigenvalue weighted by Crippen LogP contribution is -2.19. The molecular weight excluding hydrogens is 264 g/mol. The van der Waals surface area contributed by atoms with Crippen molar-refractivity contribution in [2.75, 3.05) is 0 Å². The molecule has 0 spiro atoms. The molecule has 0 aliphatic rings. The molecule has 3 aromatic rings. The van der Waals surface area contributed by atoms with Gasteiger partial charge in [-0.1, -0.05) is 40.7 Å². The van der Waals surface area contributed by atoms with Crippen molar-refractivity contribution in [3.8, 4) is 0 Å². The summed E-state index contributed by atoms with van der Waals surface area (Å²) < 4.78 is 5.30. The fraction of sp³-hybridized carbons (Fsp3) is 0.353. The van der Waals surface area contributed by atoms with E-state index in [4.69, 9.17) is 4.42 Å². The highest BCUT2D eigenvalue weighted by atomic mass is 16.4. The van der Waals surface area contributed by atoms with Crippen LogP contribution in [0.3, 0.4) is 0 Å². The van der Waals surface area contributed by atoms with Gasteiger partial charge in [0.1, 0.15) is 0 Å². The molecule has 21 heavy (non-hydrogen) atoms. The molecular formula is C17H20N2O2. The zero-order valence-corrected chi connectivity index (χ0v) is 13.1. The van der Waals surface area contributed by atoms with Crippen molar-refractivity contribution in [3.05, 3.63) is 46.8 Å².